The highest BCUT2D eigenvalue weighted by molar-refractivity contribution is 5.20. The van der Waals surface area contributed by atoms with Gasteiger partial charge in [0.15, 0.2) is 0 Å². The van der Waals surface area contributed by atoms with Gasteiger partial charge in [0, 0.05) is 0 Å². The van der Waals surface area contributed by atoms with Crippen molar-refractivity contribution in [3.63, 3.8) is 0 Å². The van der Waals surface area contributed by atoms with Crippen LogP contribution in [0.5, 0.6) is 5.75 Å². The molecule has 96 valence electrons. The average molecular weight is 235 g/mol. The van der Waals surface area contributed by atoms with Crippen molar-refractivity contribution in [2.24, 2.45) is 5.73 Å². The Bertz CT molecular complexity index is 261. The number of nitrogens with two attached hydrogens (primary N) is 1. The zero-order valence-corrected chi connectivity index (χ0v) is 10.7. The van der Waals surface area contributed by atoms with E-state index in [4.69, 9.17) is 10.5 Å². The fraction of sp³-hybridized carbons (Fsp3) is 0.600. The first-order valence-electron chi connectivity index (χ1n) is 6.81. The van der Waals surface area contributed by atoms with E-state index in [2.05, 4.69) is 0 Å². The van der Waals surface area contributed by atoms with Crippen molar-refractivity contribution in [3.05, 3.63) is 30.3 Å². The van der Waals surface area contributed by atoms with Gasteiger partial charge in [0.05, 0.1) is 6.61 Å². The van der Waals surface area contributed by atoms with E-state index in [0.717, 1.165) is 25.3 Å². The number of unbranched alkanes of at least 4 members (excludes halogenated alkanes) is 6. The maximum atomic E-state index is 5.63. The lowest BCUT2D eigenvalue weighted by molar-refractivity contribution is 0.304. The number of hydrogen-bond donors (Lipinski definition) is 1. The van der Waals surface area contributed by atoms with Crippen LogP contribution in [-0.2, 0) is 0 Å². The molecule has 0 aliphatic heterocycles. The molecule has 0 saturated heterocycles. The molecule has 0 amide bonds. The summed E-state index contributed by atoms with van der Waals surface area (Å²) in [6, 6.07) is 10.0. The molecule has 0 radical (unpaired) electrons. The lowest BCUT2D eigenvalue weighted by Crippen LogP contribution is -1.98. The minimum atomic E-state index is 0.838. The molecule has 1 rings (SSSR count). The van der Waals surface area contributed by atoms with E-state index in [1.165, 1.54) is 38.5 Å². The summed E-state index contributed by atoms with van der Waals surface area (Å²) in [5, 5.41) is 0. The predicted octanol–water partition coefficient (Wildman–Crippen LogP) is 3.75. The minimum absolute atomic E-state index is 0.838. The summed E-state index contributed by atoms with van der Waals surface area (Å²) in [6.45, 7) is 1.68. The molecule has 0 aliphatic carbocycles. The van der Waals surface area contributed by atoms with Crippen LogP contribution >= 0.6 is 0 Å². The number of ether oxygens (including phenoxy) is 1. The van der Waals surface area contributed by atoms with Crippen molar-refractivity contribution in [3.8, 4) is 5.75 Å². The number of rotatable bonds is 10. The first-order chi connectivity index (χ1) is 8.43. The first kappa shape index (κ1) is 14.0. The smallest absolute Gasteiger partial charge is 0.119 e. The Morgan fingerprint density at radius 2 is 1.35 bits per heavy atom. The summed E-state index contributed by atoms with van der Waals surface area (Å²) in [6.07, 6.45) is 8.89. The third-order valence-corrected chi connectivity index (χ3v) is 2.86. The Morgan fingerprint density at radius 3 is 2.00 bits per heavy atom. The number of benzene rings is 1. The van der Waals surface area contributed by atoms with Gasteiger partial charge in [-0.25, -0.2) is 0 Å². The van der Waals surface area contributed by atoms with Gasteiger partial charge < -0.3 is 10.5 Å². The maximum absolute atomic E-state index is 5.63. The molecule has 0 heterocycles. The Morgan fingerprint density at radius 1 is 0.765 bits per heavy atom. The van der Waals surface area contributed by atoms with Crippen LogP contribution in [0.2, 0.25) is 0 Å². The quantitative estimate of drug-likeness (QED) is 0.627. The van der Waals surface area contributed by atoms with E-state index in [1.807, 2.05) is 30.3 Å². The summed E-state index contributed by atoms with van der Waals surface area (Å²) < 4.78 is 5.63. The third-order valence-electron chi connectivity index (χ3n) is 2.86. The Balaban J connectivity index is 1.85. The fourth-order valence-electron chi connectivity index (χ4n) is 1.84. The molecular weight excluding hydrogens is 210 g/mol. The largest absolute Gasteiger partial charge is 0.494 e. The molecule has 0 saturated carbocycles. The first-order valence-corrected chi connectivity index (χ1v) is 6.81. The molecule has 0 spiro atoms. The van der Waals surface area contributed by atoms with Gasteiger partial charge in [-0.15, -0.1) is 0 Å². The van der Waals surface area contributed by atoms with Gasteiger partial charge in [-0.3, -0.25) is 0 Å². The molecule has 1 aromatic rings. The van der Waals surface area contributed by atoms with Crippen molar-refractivity contribution in [1.82, 2.24) is 0 Å². The Labute approximate surface area is 105 Å². The molecule has 0 unspecified atom stereocenters. The van der Waals surface area contributed by atoms with Gasteiger partial charge in [-0.05, 0) is 31.5 Å². The molecule has 0 bridgehead atoms. The molecule has 0 aromatic heterocycles. The molecule has 2 N–H and O–H groups in total. The second-order valence-electron chi connectivity index (χ2n) is 4.43. The van der Waals surface area contributed by atoms with Crippen molar-refractivity contribution in [2.45, 2.75) is 44.9 Å². The SMILES string of the molecule is NCCCCCCCCCOc1ccccc1. The van der Waals surface area contributed by atoms with Gasteiger partial charge in [0.25, 0.3) is 0 Å². The van der Waals surface area contributed by atoms with Crippen LogP contribution in [0.4, 0.5) is 0 Å². The van der Waals surface area contributed by atoms with Crippen molar-refractivity contribution >= 4 is 0 Å². The molecule has 1 aromatic carbocycles. The lowest BCUT2D eigenvalue weighted by atomic mass is 10.1. The Hall–Kier alpha value is -1.02. The molecule has 0 aliphatic rings. The van der Waals surface area contributed by atoms with E-state index >= 15 is 0 Å². The summed E-state index contributed by atoms with van der Waals surface area (Å²) in [7, 11) is 0. The van der Waals surface area contributed by atoms with Crippen LogP contribution < -0.4 is 10.5 Å². The highest BCUT2D eigenvalue weighted by Crippen LogP contribution is 2.10. The monoisotopic (exact) mass is 235 g/mol. The van der Waals surface area contributed by atoms with E-state index in [1.54, 1.807) is 0 Å². The molecule has 17 heavy (non-hydrogen) atoms. The Kier molecular flexibility index (Phi) is 8.39. The zero-order chi connectivity index (χ0) is 12.2. The fourth-order valence-corrected chi connectivity index (χ4v) is 1.84. The second-order valence-corrected chi connectivity index (χ2v) is 4.43. The van der Waals surface area contributed by atoms with Crippen molar-refractivity contribution in [1.29, 1.82) is 0 Å². The van der Waals surface area contributed by atoms with Crippen molar-refractivity contribution in [2.75, 3.05) is 13.2 Å². The van der Waals surface area contributed by atoms with Gasteiger partial charge in [0.2, 0.25) is 0 Å². The third kappa shape index (κ3) is 7.81. The maximum Gasteiger partial charge on any atom is 0.119 e. The predicted molar refractivity (Wildman–Crippen MR) is 73.3 cm³/mol. The van der Waals surface area contributed by atoms with Crippen LogP contribution in [0.25, 0.3) is 0 Å². The van der Waals surface area contributed by atoms with Gasteiger partial charge in [-0.1, -0.05) is 50.3 Å². The van der Waals surface area contributed by atoms with E-state index < -0.39 is 0 Å². The van der Waals surface area contributed by atoms with Crippen molar-refractivity contribution < 1.29 is 4.74 Å². The molecule has 2 heteroatoms. The summed E-state index contributed by atoms with van der Waals surface area (Å²) in [5.41, 5.74) is 5.45. The van der Waals surface area contributed by atoms with Crippen LogP contribution in [0.1, 0.15) is 44.9 Å². The van der Waals surface area contributed by atoms with E-state index in [0.29, 0.717) is 0 Å². The number of hydrogen-bond acceptors (Lipinski definition) is 2. The van der Waals surface area contributed by atoms with Gasteiger partial charge >= 0.3 is 0 Å². The molecule has 2 nitrogen and oxygen atoms in total. The summed E-state index contributed by atoms with van der Waals surface area (Å²) in [4.78, 5) is 0. The molecular formula is C15H25NO. The second kappa shape index (κ2) is 10.2. The van der Waals surface area contributed by atoms with Crippen LogP contribution in [0, 0.1) is 0 Å². The van der Waals surface area contributed by atoms with Gasteiger partial charge in [-0.2, -0.15) is 0 Å². The summed E-state index contributed by atoms with van der Waals surface area (Å²) >= 11 is 0. The standard InChI is InChI=1S/C15H25NO/c16-13-9-4-2-1-3-5-10-14-17-15-11-7-6-8-12-15/h6-8,11-12H,1-5,9-10,13-14,16H2. The van der Waals surface area contributed by atoms with Crippen LogP contribution in [-0.4, -0.2) is 13.2 Å². The average Bonchev–Trinajstić information content (AvgIpc) is 2.38. The van der Waals surface area contributed by atoms with E-state index in [9.17, 15) is 0 Å². The lowest BCUT2D eigenvalue weighted by Gasteiger charge is -2.05. The highest BCUT2D eigenvalue weighted by atomic mass is 16.5. The minimum Gasteiger partial charge on any atom is -0.494 e. The molecule has 0 atom stereocenters. The zero-order valence-electron chi connectivity index (χ0n) is 10.7. The highest BCUT2D eigenvalue weighted by Gasteiger charge is 1.93. The summed E-state index contributed by atoms with van der Waals surface area (Å²) in [5.74, 6) is 0.982. The van der Waals surface area contributed by atoms with Crippen LogP contribution in [0.15, 0.2) is 30.3 Å². The normalized spacial score (nSPS) is 10.4. The van der Waals surface area contributed by atoms with Crippen LogP contribution in [0.3, 0.4) is 0 Å². The van der Waals surface area contributed by atoms with Gasteiger partial charge in [0.1, 0.15) is 5.75 Å². The topological polar surface area (TPSA) is 35.2 Å². The number of para-hydroxylation sites is 1. The van der Waals surface area contributed by atoms with E-state index in [-0.39, 0.29) is 0 Å². The molecule has 0 fully saturated rings.